The molecule has 2 aromatic carbocycles. The van der Waals surface area contributed by atoms with E-state index < -0.39 is 0 Å². The Morgan fingerprint density at radius 2 is 1.84 bits per heavy atom. The zero-order chi connectivity index (χ0) is 23.3. The van der Waals surface area contributed by atoms with Crippen LogP contribution in [0.2, 0.25) is 10.0 Å². The number of thioether (sulfide) groups is 1. The highest BCUT2D eigenvalue weighted by Crippen LogP contribution is 2.31. The first-order valence-electron chi connectivity index (χ1n) is 9.92. The van der Waals surface area contributed by atoms with Gasteiger partial charge in [0.25, 0.3) is 0 Å². The van der Waals surface area contributed by atoms with E-state index in [4.69, 9.17) is 32.7 Å². The number of hydrogen-bond donors (Lipinski definition) is 1. The Hall–Kier alpha value is -2.42. The molecule has 1 unspecified atom stereocenters. The van der Waals surface area contributed by atoms with Crippen LogP contribution in [0.5, 0.6) is 11.5 Å². The minimum atomic E-state index is -0.356. The lowest BCUT2D eigenvalue weighted by molar-refractivity contribution is -0.113. The van der Waals surface area contributed by atoms with Crippen LogP contribution in [-0.2, 0) is 4.79 Å². The molecule has 1 aromatic heterocycles. The number of aromatic nitrogens is 3. The molecule has 1 atom stereocenters. The molecule has 1 N–H and O–H groups in total. The third-order valence-corrected chi connectivity index (χ3v) is 6.24. The highest BCUT2D eigenvalue weighted by molar-refractivity contribution is 7.99. The van der Waals surface area contributed by atoms with Crippen molar-refractivity contribution < 1.29 is 14.3 Å². The maximum absolute atomic E-state index is 12.4. The molecule has 3 rings (SSSR count). The number of nitrogens with one attached hydrogen (secondary N) is 1. The summed E-state index contributed by atoms with van der Waals surface area (Å²) in [6.07, 6.45) is -0.356. The Bertz CT molecular complexity index is 1090. The van der Waals surface area contributed by atoms with Crippen LogP contribution in [0, 0.1) is 0 Å². The maximum Gasteiger partial charge on any atom is 0.234 e. The van der Waals surface area contributed by atoms with Gasteiger partial charge in [-0.25, -0.2) is 0 Å². The second-order valence-electron chi connectivity index (χ2n) is 7.18. The summed E-state index contributed by atoms with van der Waals surface area (Å²) in [4.78, 5) is 12.4. The first kappa shape index (κ1) is 24.2. The Morgan fingerprint density at radius 3 is 2.56 bits per heavy atom. The van der Waals surface area contributed by atoms with Crippen LogP contribution in [0.3, 0.4) is 0 Å². The average Bonchev–Trinajstić information content (AvgIpc) is 3.20. The normalized spacial score (nSPS) is 12.0. The van der Waals surface area contributed by atoms with Gasteiger partial charge in [0.05, 0.1) is 28.6 Å². The van der Waals surface area contributed by atoms with Gasteiger partial charge in [-0.3, -0.25) is 4.79 Å². The Labute approximate surface area is 201 Å². The van der Waals surface area contributed by atoms with E-state index in [0.29, 0.717) is 38.2 Å². The molecule has 0 aliphatic rings. The maximum atomic E-state index is 12.4. The molecule has 1 amide bonds. The van der Waals surface area contributed by atoms with Crippen molar-refractivity contribution in [1.82, 2.24) is 14.8 Å². The van der Waals surface area contributed by atoms with E-state index in [1.54, 1.807) is 25.3 Å². The van der Waals surface area contributed by atoms with E-state index in [1.807, 2.05) is 49.6 Å². The number of methoxy groups -OCH3 is 1. The number of amides is 1. The molecule has 0 aliphatic heterocycles. The summed E-state index contributed by atoms with van der Waals surface area (Å²) >= 11 is 13.4. The lowest BCUT2D eigenvalue weighted by atomic mass is 10.3. The van der Waals surface area contributed by atoms with Gasteiger partial charge in [-0.05, 0) is 45.0 Å². The smallest absolute Gasteiger partial charge is 0.234 e. The number of carbonyl (C=O) groups excluding carboxylic acids is 1. The average molecular weight is 495 g/mol. The fourth-order valence-corrected chi connectivity index (χ4v) is 4.22. The van der Waals surface area contributed by atoms with Crippen molar-refractivity contribution in [3.8, 4) is 11.5 Å². The van der Waals surface area contributed by atoms with Gasteiger partial charge in [-0.2, -0.15) is 0 Å². The van der Waals surface area contributed by atoms with Crippen molar-refractivity contribution in [2.24, 2.45) is 0 Å². The van der Waals surface area contributed by atoms with Gasteiger partial charge < -0.3 is 19.4 Å². The SMILES string of the molecule is COc1cccc(OC(C)c2nnc(SCC(=O)Nc3cccc(Cl)c3Cl)n2C(C)C)c1. The minimum Gasteiger partial charge on any atom is -0.497 e. The first-order valence-corrected chi connectivity index (χ1v) is 11.7. The molecule has 0 aliphatic carbocycles. The lowest BCUT2D eigenvalue weighted by Crippen LogP contribution is -2.16. The molecule has 1 heterocycles. The number of rotatable bonds is 9. The predicted octanol–water partition coefficient (Wildman–Crippen LogP) is 6.05. The summed E-state index contributed by atoms with van der Waals surface area (Å²) in [5.41, 5.74) is 0.469. The second-order valence-corrected chi connectivity index (χ2v) is 8.91. The van der Waals surface area contributed by atoms with Crippen molar-refractivity contribution in [3.05, 3.63) is 58.3 Å². The fourth-order valence-electron chi connectivity index (χ4n) is 3.00. The van der Waals surface area contributed by atoms with Crippen LogP contribution in [-0.4, -0.2) is 33.5 Å². The van der Waals surface area contributed by atoms with Gasteiger partial charge >= 0.3 is 0 Å². The lowest BCUT2D eigenvalue weighted by Gasteiger charge is -2.19. The summed E-state index contributed by atoms with van der Waals surface area (Å²) in [7, 11) is 1.61. The number of nitrogens with zero attached hydrogens (tertiary/aromatic N) is 3. The predicted molar refractivity (Wildman–Crippen MR) is 128 cm³/mol. The van der Waals surface area contributed by atoms with Gasteiger partial charge in [0.15, 0.2) is 17.1 Å². The van der Waals surface area contributed by atoms with Crippen molar-refractivity contribution >= 4 is 46.6 Å². The highest BCUT2D eigenvalue weighted by atomic mass is 35.5. The van der Waals surface area contributed by atoms with Crippen LogP contribution in [0.15, 0.2) is 47.6 Å². The van der Waals surface area contributed by atoms with Gasteiger partial charge in [-0.1, -0.05) is 47.1 Å². The van der Waals surface area contributed by atoms with Crippen LogP contribution >= 0.6 is 35.0 Å². The molecule has 0 radical (unpaired) electrons. The largest absolute Gasteiger partial charge is 0.497 e. The molecular weight excluding hydrogens is 471 g/mol. The quantitative estimate of drug-likeness (QED) is 0.365. The van der Waals surface area contributed by atoms with Crippen LogP contribution < -0.4 is 14.8 Å². The summed E-state index contributed by atoms with van der Waals surface area (Å²) in [6, 6.07) is 12.5. The molecule has 0 saturated carbocycles. The zero-order valence-corrected chi connectivity index (χ0v) is 20.5. The number of anilines is 1. The van der Waals surface area contributed by atoms with Crippen molar-refractivity contribution in [2.45, 2.75) is 38.1 Å². The number of benzene rings is 2. The van der Waals surface area contributed by atoms with Crippen LogP contribution in [0.25, 0.3) is 0 Å². The van der Waals surface area contributed by atoms with Gasteiger partial charge in [0, 0.05) is 12.1 Å². The molecule has 32 heavy (non-hydrogen) atoms. The van der Waals surface area contributed by atoms with Crippen LogP contribution in [0.4, 0.5) is 5.69 Å². The molecule has 0 spiro atoms. The topological polar surface area (TPSA) is 78.3 Å². The number of ether oxygens (including phenoxy) is 2. The Kier molecular flexibility index (Phi) is 8.28. The van der Waals surface area contributed by atoms with E-state index >= 15 is 0 Å². The summed E-state index contributed by atoms with van der Waals surface area (Å²) in [6.45, 7) is 5.96. The second kappa shape index (κ2) is 10.9. The van der Waals surface area contributed by atoms with Gasteiger partial charge in [0.1, 0.15) is 11.5 Å². The molecule has 10 heteroatoms. The monoisotopic (exact) mass is 494 g/mol. The summed E-state index contributed by atoms with van der Waals surface area (Å²) < 4.78 is 13.3. The van der Waals surface area contributed by atoms with E-state index in [1.165, 1.54) is 11.8 Å². The standard InChI is InChI=1S/C22H24Cl2N4O3S/c1-13(2)28-21(14(3)31-16-8-5-7-15(11-16)30-4)26-27-22(28)32-12-19(29)25-18-10-6-9-17(23)20(18)24/h5-11,13-14H,12H2,1-4H3,(H,25,29). The van der Waals surface area contributed by atoms with Gasteiger partial charge in [-0.15, -0.1) is 10.2 Å². The van der Waals surface area contributed by atoms with E-state index in [0.717, 1.165) is 0 Å². The van der Waals surface area contributed by atoms with Crippen molar-refractivity contribution in [3.63, 3.8) is 0 Å². The fraction of sp³-hybridized carbons (Fsp3) is 0.318. The van der Waals surface area contributed by atoms with Gasteiger partial charge in [0.2, 0.25) is 5.91 Å². The molecule has 0 saturated heterocycles. The van der Waals surface area contributed by atoms with E-state index in [2.05, 4.69) is 15.5 Å². The summed E-state index contributed by atoms with van der Waals surface area (Å²) in [5, 5.41) is 12.7. The molecule has 170 valence electrons. The van der Waals surface area contributed by atoms with E-state index in [-0.39, 0.29) is 23.8 Å². The summed E-state index contributed by atoms with van der Waals surface area (Å²) in [5.74, 6) is 1.96. The van der Waals surface area contributed by atoms with Crippen molar-refractivity contribution in [1.29, 1.82) is 0 Å². The molecule has 0 fully saturated rings. The molecule has 3 aromatic rings. The molecule has 0 bridgehead atoms. The van der Waals surface area contributed by atoms with E-state index in [9.17, 15) is 4.79 Å². The third-order valence-electron chi connectivity index (χ3n) is 4.48. The Balaban J connectivity index is 1.70. The van der Waals surface area contributed by atoms with Crippen molar-refractivity contribution in [2.75, 3.05) is 18.2 Å². The zero-order valence-electron chi connectivity index (χ0n) is 18.1. The molecule has 7 nitrogen and oxygen atoms in total. The number of hydrogen-bond acceptors (Lipinski definition) is 6. The Morgan fingerprint density at radius 1 is 1.12 bits per heavy atom. The first-order chi connectivity index (χ1) is 15.3. The number of halogens is 2. The highest BCUT2D eigenvalue weighted by Gasteiger charge is 2.22. The third kappa shape index (κ3) is 5.88. The minimum absolute atomic E-state index is 0.0734. The van der Waals surface area contributed by atoms with Crippen LogP contribution in [0.1, 0.15) is 38.7 Å². The molecular formula is C22H24Cl2N4O3S. The number of carbonyl (C=O) groups is 1.